The Morgan fingerprint density at radius 3 is 2.83 bits per heavy atom. The van der Waals surface area contributed by atoms with Crippen LogP contribution < -0.4 is 5.73 Å². The molecule has 0 fully saturated rings. The lowest BCUT2D eigenvalue weighted by atomic mass is 10.1. The fraction of sp³-hybridized carbons (Fsp3) is 0.692. The number of aryl methyl sites for hydroxylation is 1. The molecular formula is C13H23N3O2. The van der Waals surface area contributed by atoms with Gasteiger partial charge >= 0.3 is 5.97 Å². The minimum Gasteiger partial charge on any atom is -0.461 e. The third kappa shape index (κ3) is 4.05. The Hall–Kier alpha value is -1.52. The molecule has 0 radical (unpaired) electrons. The highest BCUT2D eigenvalue weighted by Gasteiger charge is 2.16. The fourth-order valence-corrected chi connectivity index (χ4v) is 1.76. The lowest BCUT2D eigenvalue weighted by Crippen LogP contribution is -2.10. The van der Waals surface area contributed by atoms with Crippen molar-refractivity contribution in [2.24, 2.45) is 5.92 Å². The van der Waals surface area contributed by atoms with Crippen molar-refractivity contribution in [2.45, 2.75) is 46.6 Å². The number of ether oxygens (including phenoxy) is 1. The summed E-state index contributed by atoms with van der Waals surface area (Å²) >= 11 is 0. The summed E-state index contributed by atoms with van der Waals surface area (Å²) in [7, 11) is 0. The van der Waals surface area contributed by atoms with E-state index in [4.69, 9.17) is 10.5 Å². The first-order chi connectivity index (χ1) is 8.56. The van der Waals surface area contributed by atoms with Gasteiger partial charge in [0.15, 0.2) is 5.69 Å². The van der Waals surface area contributed by atoms with E-state index in [1.165, 1.54) is 6.42 Å². The molecule has 0 aliphatic rings. The number of carbonyl (C=O) groups excluding carboxylic acids is 1. The first kappa shape index (κ1) is 14.5. The molecule has 1 heterocycles. The van der Waals surface area contributed by atoms with Crippen molar-refractivity contribution in [3.8, 4) is 0 Å². The van der Waals surface area contributed by atoms with E-state index in [9.17, 15) is 4.79 Å². The Kier molecular flexibility index (Phi) is 5.68. The Morgan fingerprint density at radius 1 is 1.50 bits per heavy atom. The van der Waals surface area contributed by atoms with Gasteiger partial charge in [-0.15, -0.1) is 0 Å². The van der Waals surface area contributed by atoms with Crippen molar-refractivity contribution in [3.05, 3.63) is 12.0 Å². The van der Waals surface area contributed by atoms with E-state index in [0.29, 0.717) is 12.4 Å². The second-order valence-corrected chi connectivity index (χ2v) is 4.78. The molecule has 102 valence electrons. The van der Waals surface area contributed by atoms with Crippen LogP contribution in [-0.2, 0) is 11.3 Å². The Morgan fingerprint density at radius 2 is 2.22 bits per heavy atom. The topological polar surface area (TPSA) is 70.1 Å². The number of hydrogen-bond donors (Lipinski definition) is 1. The lowest BCUT2D eigenvalue weighted by molar-refractivity contribution is 0.0521. The van der Waals surface area contributed by atoms with Crippen LogP contribution in [-0.4, -0.2) is 22.1 Å². The third-order valence-electron chi connectivity index (χ3n) is 2.78. The molecule has 18 heavy (non-hydrogen) atoms. The molecule has 2 N–H and O–H groups in total. The molecule has 1 aromatic heterocycles. The fourth-order valence-electron chi connectivity index (χ4n) is 1.76. The number of aromatic nitrogens is 2. The smallest absolute Gasteiger partial charge is 0.360 e. The van der Waals surface area contributed by atoms with Gasteiger partial charge in [-0.1, -0.05) is 26.7 Å². The molecular weight excluding hydrogens is 230 g/mol. The molecule has 0 spiro atoms. The number of nitrogen functional groups attached to an aromatic ring is 1. The van der Waals surface area contributed by atoms with Crippen LogP contribution in [0.25, 0.3) is 0 Å². The summed E-state index contributed by atoms with van der Waals surface area (Å²) in [6.07, 6.45) is 5.02. The minimum absolute atomic E-state index is 0.223. The summed E-state index contributed by atoms with van der Waals surface area (Å²) in [6, 6.07) is 0. The van der Waals surface area contributed by atoms with E-state index in [-0.39, 0.29) is 5.69 Å². The number of unbranched alkanes of at least 4 members (excludes halogenated alkanes) is 1. The van der Waals surface area contributed by atoms with E-state index in [1.807, 2.05) is 4.57 Å². The highest BCUT2D eigenvalue weighted by molar-refractivity contribution is 5.92. The van der Waals surface area contributed by atoms with Crippen LogP contribution in [0.4, 0.5) is 5.82 Å². The molecule has 1 rings (SSSR count). The van der Waals surface area contributed by atoms with Crippen LogP contribution in [0, 0.1) is 5.92 Å². The summed E-state index contributed by atoms with van der Waals surface area (Å²) in [4.78, 5) is 15.5. The van der Waals surface area contributed by atoms with E-state index < -0.39 is 5.97 Å². The zero-order valence-electron chi connectivity index (χ0n) is 11.5. The van der Waals surface area contributed by atoms with E-state index >= 15 is 0 Å². The minimum atomic E-state index is -0.448. The van der Waals surface area contributed by atoms with Gasteiger partial charge in [-0.2, -0.15) is 0 Å². The van der Waals surface area contributed by atoms with Crippen LogP contribution in [0.3, 0.4) is 0 Å². The van der Waals surface area contributed by atoms with Gasteiger partial charge in [0.1, 0.15) is 5.82 Å². The predicted molar refractivity (Wildman–Crippen MR) is 71.3 cm³/mol. The van der Waals surface area contributed by atoms with Crippen LogP contribution >= 0.6 is 0 Å². The van der Waals surface area contributed by atoms with Crippen LogP contribution in [0.5, 0.6) is 0 Å². The van der Waals surface area contributed by atoms with Crippen molar-refractivity contribution in [2.75, 3.05) is 12.3 Å². The average Bonchev–Trinajstić information content (AvgIpc) is 2.66. The zero-order valence-corrected chi connectivity index (χ0v) is 11.5. The molecule has 0 atom stereocenters. The number of hydrogen-bond acceptors (Lipinski definition) is 4. The number of imidazole rings is 1. The molecule has 5 nitrogen and oxygen atoms in total. The average molecular weight is 253 g/mol. The van der Waals surface area contributed by atoms with E-state index in [1.54, 1.807) is 13.3 Å². The number of nitrogens with zero attached hydrogens (tertiary/aromatic N) is 2. The highest BCUT2D eigenvalue weighted by atomic mass is 16.5. The number of esters is 1. The molecule has 0 unspecified atom stereocenters. The van der Waals surface area contributed by atoms with Gasteiger partial charge in [-0.3, -0.25) is 0 Å². The monoisotopic (exact) mass is 253 g/mol. The van der Waals surface area contributed by atoms with Gasteiger partial charge in [0.05, 0.1) is 12.9 Å². The number of nitrogens with two attached hydrogens (primary N) is 1. The Balaban J connectivity index is 2.50. The second-order valence-electron chi connectivity index (χ2n) is 4.78. The predicted octanol–water partition coefficient (Wildman–Crippen LogP) is 2.47. The Bertz CT molecular complexity index is 386. The molecule has 0 aliphatic heterocycles. The molecule has 0 saturated heterocycles. The molecule has 0 aromatic carbocycles. The zero-order chi connectivity index (χ0) is 13.5. The molecule has 1 aromatic rings. The largest absolute Gasteiger partial charge is 0.461 e. The number of anilines is 1. The van der Waals surface area contributed by atoms with Gasteiger partial charge in [0.25, 0.3) is 0 Å². The third-order valence-corrected chi connectivity index (χ3v) is 2.78. The number of rotatable bonds is 7. The van der Waals surface area contributed by atoms with Crippen molar-refractivity contribution in [1.82, 2.24) is 9.55 Å². The first-order valence-corrected chi connectivity index (χ1v) is 6.54. The molecule has 5 heteroatoms. The van der Waals surface area contributed by atoms with Crippen molar-refractivity contribution in [3.63, 3.8) is 0 Å². The van der Waals surface area contributed by atoms with Crippen molar-refractivity contribution in [1.29, 1.82) is 0 Å². The van der Waals surface area contributed by atoms with Crippen LogP contribution in [0.1, 0.15) is 50.5 Å². The van der Waals surface area contributed by atoms with Gasteiger partial charge < -0.3 is 15.0 Å². The molecule has 0 aliphatic carbocycles. The summed E-state index contributed by atoms with van der Waals surface area (Å²) in [6.45, 7) is 7.32. The van der Waals surface area contributed by atoms with E-state index in [2.05, 4.69) is 18.8 Å². The van der Waals surface area contributed by atoms with Gasteiger partial charge in [-0.05, 0) is 19.3 Å². The van der Waals surface area contributed by atoms with Crippen LogP contribution in [0.2, 0.25) is 0 Å². The first-order valence-electron chi connectivity index (χ1n) is 6.54. The van der Waals surface area contributed by atoms with E-state index in [0.717, 1.165) is 25.3 Å². The normalized spacial score (nSPS) is 10.9. The highest BCUT2D eigenvalue weighted by Crippen LogP contribution is 2.14. The number of carbonyl (C=O) groups is 1. The SMILES string of the molecule is CCOC(=O)c1ncn(CCCCC(C)C)c1N. The Labute approximate surface area is 108 Å². The van der Waals surface area contributed by atoms with Crippen molar-refractivity contribution >= 4 is 11.8 Å². The van der Waals surface area contributed by atoms with Crippen LogP contribution in [0.15, 0.2) is 6.33 Å². The summed E-state index contributed by atoms with van der Waals surface area (Å²) in [5.74, 6) is 0.675. The molecule has 0 bridgehead atoms. The lowest BCUT2D eigenvalue weighted by Gasteiger charge is -2.07. The molecule has 0 amide bonds. The quantitative estimate of drug-likeness (QED) is 0.598. The van der Waals surface area contributed by atoms with Gasteiger partial charge in [-0.25, -0.2) is 9.78 Å². The van der Waals surface area contributed by atoms with Gasteiger partial charge in [0.2, 0.25) is 0 Å². The second kappa shape index (κ2) is 7.03. The van der Waals surface area contributed by atoms with Gasteiger partial charge in [0, 0.05) is 6.54 Å². The van der Waals surface area contributed by atoms with Crippen molar-refractivity contribution < 1.29 is 9.53 Å². The standard InChI is InChI=1S/C13H23N3O2/c1-4-18-13(17)11-12(14)16(9-15-11)8-6-5-7-10(2)3/h9-10H,4-8,14H2,1-3H3. The maximum absolute atomic E-state index is 11.5. The summed E-state index contributed by atoms with van der Waals surface area (Å²) in [5.41, 5.74) is 6.10. The maximum atomic E-state index is 11.5. The molecule has 0 saturated carbocycles. The maximum Gasteiger partial charge on any atom is 0.360 e. The summed E-state index contributed by atoms with van der Waals surface area (Å²) in [5, 5.41) is 0. The summed E-state index contributed by atoms with van der Waals surface area (Å²) < 4.78 is 6.70.